The Kier molecular flexibility index (Phi) is 5.86. The van der Waals surface area contributed by atoms with Crippen LogP contribution in [0, 0.1) is 0 Å². The SMILES string of the molecule is O=C(Cc1cc(Cl)c2c(c1)OCCO2)Nc1cccc(OCCn2cccn2)c1. The highest BCUT2D eigenvalue weighted by Crippen LogP contribution is 2.38. The van der Waals surface area contributed by atoms with Crippen LogP contribution in [-0.2, 0) is 17.8 Å². The van der Waals surface area contributed by atoms with Crippen molar-refractivity contribution < 1.29 is 19.0 Å². The quantitative estimate of drug-likeness (QED) is 0.641. The van der Waals surface area contributed by atoms with Gasteiger partial charge in [0.1, 0.15) is 25.6 Å². The lowest BCUT2D eigenvalue weighted by molar-refractivity contribution is -0.115. The van der Waals surface area contributed by atoms with Crippen molar-refractivity contribution in [3.05, 3.63) is 65.4 Å². The summed E-state index contributed by atoms with van der Waals surface area (Å²) >= 11 is 6.24. The van der Waals surface area contributed by atoms with Gasteiger partial charge >= 0.3 is 0 Å². The lowest BCUT2D eigenvalue weighted by atomic mass is 10.1. The normalized spacial score (nSPS) is 12.4. The van der Waals surface area contributed by atoms with E-state index in [9.17, 15) is 4.79 Å². The zero-order chi connectivity index (χ0) is 20.1. The van der Waals surface area contributed by atoms with Crippen LogP contribution >= 0.6 is 11.6 Å². The standard InChI is InChI=1S/C21H20ClN3O4/c22-18-11-15(12-19-21(18)29-10-9-28-19)13-20(26)24-16-3-1-4-17(14-16)27-8-7-25-6-2-5-23-25/h1-6,11-12,14H,7-10,13H2,(H,24,26). The number of nitrogens with one attached hydrogen (secondary N) is 1. The smallest absolute Gasteiger partial charge is 0.228 e. The molecule has 8 heteroatoms. The third-order valence-corrected chi connectivity index (χ3v) is 4.57. The van der Waals surface area contributed by atoms with Crippen molar-refractivity contribution in [2.24, 2.45) is 0 Å². The van der Waals surface area contributed by atoms with Crippen molar-refractivity contribution in [1.29, 1.82) is 0 Å². The van der Waals surface area contributed by atoms with Gasteiger partial charge in [-0.05, 0) is 35.9 Å². The minimum Gasteiger partial charge on any atom is -0.492 e. The van der Waals surface area contributed by atoms with Gasteiger partial charge in [0.05, 0.1) is 18.0 Å². The van der Waals surface area contributed by atoms with Crippen LogP contribution in [0.4, 0.5) is 5.69 Å². The number of rotatable bonds is 7. The topological polar surface area (TPSA) is 74.6 Å². The molecule has 1 aliphatic heterocycles. The lowest BCUT2D eigenvalue weighted by Crippen LogP contribution is -2.17. The Balaban J connectivity index is 1.34. The molecule has 1 aromatic heterocycles. The number of hydrogen-bond acceptors (Lipinski definition) is 5. The molecular formula is C21H20ClN3O4. The van der Waals surface area contributed by atoms with Crippen LogP contribution in [0.15, 0.2) is 54.9 Å². The molecule has 7 nitrogen and oxygen atoms in total. The summed E-state index contributed by atoms with van der Waals surface area (Å²) in [6, 6.07) is 12.7. The van der Waals surface area contributed by atoms with E-state index in [1.165, 1.54) is 0 Å². The fourth-order valence-electron chi connectivity index (χ4n) is 3.01. The minimum absolute atomic E-state index is 0.161. The van der Waals surface area contributed by atoms with Gasteiger partial charge in [-0.15, -0.1) is 0 Å². The van der Waals surface area contributed by atoms with E-state index in [4.69, 9.17) is 25.8 Å². The van der Waals surface area contributed by atoms with Gasteiger partial charge in [-0.25, -0.2) is 0 Å². The molecule has 0 fully saturated rings. The molecule has 2 aromatic carbocycles. The van der Waals surface area contributed by atoms with Gasteiger partial charge in [-0.1, -0.05) is 17.7 Å². The molecule has 3 aromatic rings. The molecule has 0 unspecified atom stereocenters. The predicted octanol–water partition coefficient (Wildman–Crippen LogP) is 3.57. The number of nitrogens with zero attached hydrogens (tertiary/aromatic N) is 2. The number of benzene rings is 2. The summed E-state index contributed by atoms with van der Waals surface area (Å²) in [7, 11) is 0. The number of aromatic nitrogens is 2. The Bertz CT molecular complexity index is 992. The van der Waals surface area contributed by atoms with Gasteiger partial charge in [0.2, 0.25) is 5.91 Å². The number of anilines is 1. The molecule has 4 rings (SSSR count). The van der Waals surface area contributed by atoms with E-state index < -0.39 is 0 Å². The number of carbonyl (C=O) groups excluding carboxylic acids is 1. The molecule has 0 atom stereocenters. The Morgan fingerprint density at radius 2 is 2.10 bits per heavy atom. The van der Waals surface area contributed by atoms with Crippen LogP contribution in [-0.4, -0.2) is 35.5 Å². The molecule has 0 saturated carbocycles. The van der Waals surface area contributed by atoms with E-state index in [-0.39, 0.29) is 12.3 Å². The molecule has 0 saturated heterocycles. The zero-order valence-electron chi connectivity index (χ0n) is 15.6. The van der Waals surface area contributed by atoms with Gasteiger partial charge in [-0.3, -0.25) is 9.48 Å². The second kappa shape index (κ2) is 8.87. The van der Waals surface area contributed by atoms with Crippen molar-refractivity contribution in [3.8, 4) is 17.2 Å². The summed E-state index contributed by atoms with van der Waals surface area (Å²) in [5, 5.41) is 7.46. The summed E-state index contributed by atoms with van der Waals surface area (Å²) in [6.45, 7) is 2.06. The Labute approximate surface area is 173 Å². The Morgan fingerprint density at radius 3 is 2.97 bits per heavy atom. The molecule has 0 bridgehead atoms. The fraction of sp³-hybridized carbons (Fsp3) is 0.238. The molecule has 0 aliphatic carbocycles. The number of fused-ring (bicyclic) bond motifs is 1. The lowest BCUT2D eigenvalue weighted by Gasteiger charge is -2.20. The maximum atomic E-state index is 12.5. The van der Waals surface area contributed by atoms with E-state index in [0.717, 1.165) is 5.56 Å². The summed E-state index contributed by atoms with van der Waals surface area (Å²) in [5.41, 5.74) is 1.42. The number of hydrogen-bond donors (Lipinski definition) is 1. The third kappa shape index (κ3) is 5.00. The van der Waals surface area contributed by atoms with E-state index in [2.05, 4.69) is 10.4 Å². The molecule has 0 spiro atoms. The summed E-state index contributed by atoms with van der Waals surface area (Å²) in [4.78, 5) is 12.5. The molecule has 150 valence electrons. The van der Waals surface area contributed by atoms with E-state index in [1.54, 1.807) is 29.1 Å². The number of amides is 1. The fourth-order valence-corrected chi connectivity index (χ4v) is 3.30. The van der Waals surface area contributed by atoms with Crippen LogP contribution in [0.25, 0.3) is 0 Å². The number of ether oxygens (including phenoxy) is 3. The van der Waals surface area contributed by atoms with E-state index >= 15 is 0 Å². The van der Waals surface area contributed by atoms with Crippen LogP contribution in [0.1, 0.15) is 5.56 Å². The highest BCUT2D eigenvalue weighted by Gasteiger charge is 2.17. The molecule has 1 amide bonds. The van der Waals surface area contributed by atoms with Crippen molar-refractivity contribution in [2.75, 3.05) is 25.1 Å². The largest absolute Gasteiger partial charge is 0.492 e. The Morgan fingerprint density at radius 1 is 1.21 bits per heavy atom. The van der Waals surface area contributed by atoms with Gasteiger partial charge in [-0.2, -0.15) is 5.10 Å². The van der Waals surface area contributed by atoms with Crippen molar-refractivity contribution in [2.45, 2.75) is 13.0 Å². The first-order valence-corrected chi connectivity index (χ1v) is 9.63. The number of carbonyl (C=O) groups is 1. The first-order valence-electron chi connectivity index (χ1n) is 9.25. The van der Waals surface area contributed by atoms with Crippen molar-refractivity contribution in [1.82, 2.24) is 9.78 Å². The molecule has 2 heterocycles. The molecule has 1 aliphatic rings. The molecule has 0 radical (unpaired) electrons. The first-order chi connectivity index (χ1) is 14.2. The molecular weight excluding hydrogens is 394 g/mol. The first kappa shape index (κ1) is 19.1. The highest BCUT2D eigenvalue weighted by molar-refractivity contribution is 6.32. The average Bonchev–Trinajstić information content (AvgIpc) is 3.22. The summed E-state index contributed by atoms with van der Waals surface area (Å²) in [6.07, 6.45) is 3.77. The van der Waals surface area contributed by atoms with Crippen LogP contribution < -0.4 is 19.5 Å². The van der Waals surface area contributed by atoms with Gasteiger partial charge in [0.15, 0.2) is 11.5 Å². The molecule has 29 heavy (non-hydrogen) atoms. The van der Waals surface area contributed by atoms with Crippen molar-refractivity contribution >= 4 is 23.2 Å². The van der Waals surface area contributed by atoms with Gasteiger partial charge in [0.25, 0.3) is 0 Å². The van der Waals surface area contributed by atoms with E-state index in [1.807, 2.05) is 30.5 Å². The van der Waals surface area contributed by atoms with Crippen LogP contribution in [0.5, 0.6) is 17.2 Å². The summed E-state index contributed by atoms with van der Waals surface area (Å²) in [5.74, 6) is 1.62. The monoisotopic (exact) mass is 413 g/mol. The second-order valence-electron chi connectivity index (χ2n) is 6.47. The number of halogens is 1. The Hall–Kier alpha value is -3.19. The zero-order valence-corrected chi connectivity index (χ0v) is 16.4. The average molecular weight is 414 g/mol. The van der Waals surface area contributed by atoms with Gasteiger partial charge < -0.3 is 19.5 Å². The maximum Gasteiger partial charge on any atom is 0.228 e. The minimum atomic E-state index is -0.161. The van der Waals surface area contributed by atoms with Crippen LogP contribution in [0.3, 0.4) is 0 Å². The predicted molar refractivity (Wildman–Crippen MR) is 109 cm³/mol. The highest BCUT2D eigenvalue weighted by atomic mass is 35.5. The van der Waals surface area contributed by atoms with Crippen molar-refractivity contribution in [3.63, 3.8) is 0 Å². The van der Waals surface area contributed by atoms with Gasteiger partial charge in [0, 0.05) is 24.1 Å². The van der Waals surface area contributed by atoms with E-state index in [0.29, 0.717) is 54.3 Å². The maximum absolute atomic E-state index is 12.5. The summed E-state index contributed by atoms with van der Waals surface area (Å²) < 4.78 is 18.6. The molecule has 1 N–H and O–H groups in total. The van der Waals surface area contributed by atoms with Crippen LogP contribution in [0.2, 0.25) is 5.02 Å². The third-order valence-electron chi connectivity index (χ3n) is 4.29. The second-order valence-corrected chi connectivity index (χ2v) is 6.88.